The van der Waals surface area contributed by atoms with E-state index in [4.69, 9.17) is 10.2 Å². The van der Waals surface area contributed by atoms with Gasteiger partial charge in [-0.15, -0.1) is 10.1 Å². The van der Waals surface area contributed by atoms with Crippen LogP contribution in [0, 0.1) is 10.1 Å². The first-order valence-corrected chi connectivity index (χ1v) is 3.84. The van der Waals surface area contributed by atoms with Crippen molar-refractivity contribution in [2.45, 2.75) is 0 Å². The van der Waals surface area contributed by atoms with Crippen LogP contribution in [-0.4, -0.2) is 27.2 Å². The van der Waals surface area contributed by atoms with Crippen LogP contribution >= 0.6 is 0 Å². The van der Waals surface area contributed by atoms with Crippen LogP contribution in [0.1, 0.15) is 20.7 Å². The molecule has 0 atom stereocenters. The molecular formula is C8H5NO7. The summed E-state index contributed by atoms with van der Waals surface area (Å²) in [6, 6.07) is 2.59. The zero-order chi connectivity index (χ0) is 12.3. The lowest BCUT2D eigenvalue weighted by Gasteiger charge is -2.02. The van der Waals surface area contributed by atoms with E-state index in [1.54, 1.807) is 0 Å². The first-order chi connectivity index (χ1) is 7.40. The number of hydrogen-bond acceptors (Lipinski definition) is 5. The lowest BCUT2D eigenvalue weighted by Crippen LogP contribution is -2.07. The average Bonchev–Trinajstić information content (AvgIpc) is 2.15. The van der Waals surface area contributed by atoms with Gasteiger partial charge in [0.15, 0.2) is 0 Å². The Morgan fingerprint density at radius 1 is 1.12 bits per heavy atom. The minimum Gasteiger partial charge on any atom is -0.478 e. The number of carboxylic acids is 2. The van der Waals surface area contributed by atoms with E-state index in [-0.39, 0.29) is 0 Å². The predicted molar refractivity (Wildman–Crippen MR) is 48.0 cm³/mol. The van der Waals surface area contributed by atoms with Crippen molar-refractivity contribution in [2.75, 3.05) is 0 Å². The van der Waals surface area contributed by atoms with Gasteiger partial charge in [0, 0.05) is 0 Å². The first-order valence-electron chi connectivity index (χ1n) is 3.84. The third-order valence-corrected chi connectivity index (χ3v) is 1.58. The van der Waals surface area contributed by atoms with E-state index >= 15 is 0 Å². The van der Waals surface area contributed by atoms with Crippen molar-refractivity contribution >= 4 is 11.9 Å². The Morgan fingerprint density at radius 3 is 1.88 bits per heavy atom. The second-order valence-electron chi connectivity index (χ2n) is 2.67. The van der Waals surface area contributed by atoms with Gasteiger partial charge in [-0.25, -0.2) is 9.59 Å². The molecule has 8 nitrogen and oxygen atoms in total. The summed E-state index contributed by atoms with van der Waals surface area (Å²) in [5.74, 6) is -3.27. The minimum absolute atomic E-state index is 0.406. The first kappa shape index (κ1) is 11.4. The van der Waals surface area contributed by atoms with Gasteiger partial charge in [0.05, 0.1) is 11.1 Å². The Hall–Kier alpha value is -2.64. The molecule has 1 aromatic carbocycles. The van der Waals surface area contributed by atoms with E-state index in [9.17, 15) is 19.7 Å². The largest absolute Gasteiger partial charge is 0.478 e. The van der Waals surface area contributed by atoms with Crippen LogP contribution in [0.15, 0.2) is 18.2 Å². The average molecular weight is 227 g/mol. The Balaban J connectivity index is 3.23. The molecule has 16 heavy (non-hydrogen) atoms. The highest BCUT2D eigenvalue weighted by Crippen LogP contribution is 2.17. The lowest BCUT2D eigenvalue weighted by atomic mass is 10.1. The maximum absolute atomic E-state index is 10.6. The summed E-state index contributed by atoms with van der Waals surface area (Å²) in [5.41, 5.74) is -0.812. The zero-order valence-corrected chi connectivity index (χ0v) is 7.61. The van der Waals surface area contributed by atoms with E-state index in [2.05, 4.69) is 4.84 Å². The molecule has 0 heterocycles. The van der Waals surface area contributed by atoms with Gasteiger partial charge in [-0.05, 0) is 18.2 Å². The zero-order valence-electron chi connectivity index (χ0n) is 7.61. The van der Waals surface area contributed by atoms with Gasteiger partial charge >= 0.3 is 11.9 Å². The summed E-state index contributed by atoms with van der Waals surface area (Å²) in [5, 5.41) is 26.1. The molecule has 0 fully saturated rings. The quantitative estimate of drug-likeness (QED) is 0.570. The summed E-state index contributed by atoms with van der Waals surface area (Å²) >= 11 is 0. The second kappa shape index (κ2) is 4.26. The predicted octanol–water partition coefficient (Wildman–Crippen LogP) is 0.653. The highest BCUT2D eigenvalue weighted by Gasteiger charge is 2.13. The molecule has 0 unspecified atom stereocenters. The fourth-order valence-electron chi connectivity index (χ4n) is 0.985. The molecule has 0 aliphatic rings. The molecule has 0 saturated carbocycles. The summed E-state index contributed by atoms with van der Waals surface area (Å²) in [7, 11) is 0. The van der Waals surface area contributed by atoms with Crippen molar-refractivity contribution in [3.8, 4) is 5.75 Å². The molecule has 0 amide bonds. The fraction of sp³-hybridized carbons (Fsp3) is 0. The van der Waals surface area contributed by atoms with E-state index in [0.717, 1.165) is 18.2 Å². The molecule has 0 aliphatic carbocycles. The Kier molecular flexibility index (Phi) is 3.04. The Morgan fingerprint density at radius 2 is 1.56 bits per heavy atom. The number of aromatic carboxylic acids is 2. The Bertz CT molecular complexity index is 435. The van der Waals surface area contributed by atoms with Crippen molar-refractivity contribution < 1.29 is 29.7 Å². The van der Waals surface area contributed by atoms with Crippen LogP contribution in [0.4, 0.5) is 0 Å². The van der Waals surface area contributed by atoms with Gasteiger partial charge in [0.25, 0.3) is 5.09 Å². The highest BCUT2D eigenvalue weighted by molar-refractivity contribution is 5.94. The number of carbonyl (C=O) groups is 2. The molecular weight excluding hydrogens is 222 g/mol. The topological polar surface area (TPSA) is 127 Å². The van der Waals surface area contributed by atoms with Crippen molar-refractivity contribution in [1.29, 1.82) is 0 Å². The molecule has 84 valence electrons. The van der Waals surface area contributed by atoms with Crippen molar-refractivity contribution in [1.82, 2.24) is 0 Å². The molecule has 0 spiro atoms. The van der Waals surface area contributed by atoms with Gasteiger partial charge < -0.3 is 10.2 Å². The molecule has 0 radical (unpaired) electrons. The van der Waals surface area contributed by atoms with E-state index in [1.807, 2.05) is 0 Å². The van der Waals surface area contributed by atoms with E-state index < -0.39 is 33.9 Å². The Labute approximate surface area is 87.8 Å². The second-order valence-corrected chi connectivity index (χ2v) is 2.67. The molecule has 2 N–H and O–H groups in total. The van der Waals surface area contributed by atoms with Gasteiger partial charge in [-0.2, -0.15) is 0 Å². The van der Waals surface area contributed by atoms with E-state index in [1.165, 1.54) is 0 Å². The number of carboxylic acid groups (broad SMARTS) is 2. The van der Waals surface area contributed by atoms with Crippen molar-refractivity contribution in [3.05, 3.63) is 39.4 Å². The fourth-order valence-corrected chi connectivity index (χ4v) is 0.985. The molecule has 0 aliphatic heterocycles. The van der Waals surface area contributed by atoms with E-state index in [0.29, 0.717) is 0 Å². The summed E-state index contributed by atoms with van der Waals surface area (Å²) in [6.07, 6.45) is 0. The number of rotatable bonds is 4. The lowest BCUT2D eigenvalue weighted by molar-refractivity contribution is -0.711. The standard InChI is InChI=1S/C8H5NO7/c10-7(11)4-1-5(8(12)13)3-6(2-4)16-9(14)15/h1-3H,(H,10,11)(H,12,13). The molecule has 0 saturated heterocycles. The van der Waals surface area contributed by atoms with Crippen LogP contribution in [-0.2, 0) is 0 Å². The smallest absolute Gasteiger partial charge is 0.335 e. The van der Waals surface area contributed by atoms with Gasteiger partial charge in [0.2, 0.25) is 0 Å². The third kappa shape index (κ3) is 2.67. The van der Waals surface area contributed by atoms with Gasteiger partial charge in [-0.3, -0.25) is 4.84 Å². The molecule has 1 rings (SSSR count). The molecule has 8 heteroatoms. The summed E-state index contributed by atoms with van der Waals surface area (Å²) < 4.78 is 0. The number of benzene rings is 1. The van der Waals surface area contributed by atoms with Crippen molar-refractivity contribution in [3.63, 3.8) is 0 Å². The van der Waals surface area contributed by atoms with Crippen LogP contribution in [0.5, 0.6) is 5.75 Å². The van der Waals surface area contributed by atoms with Crippen LogP contribution in [0.3, 0.4) is 0 Å². The van der Waals surface area contributed by atoms with Crippen LogP contribution in [0.2, 0.25) is 0 Å². The van der Waals surface area contributed by atoms with Crippen LogP contribution in [0.25, 0.3) is 0 Å². The molecule has 1 aromatic rings. The SMILES string of the molecule is O=C(O)c1cc(O[N+](=O)[O-])cc(C(=O)O)c1. The maximum Gasteiger partial charge on any atom is 0.335 e. The summed E-state index contributed by atoms with van der Waals surface area (Å²) in [6.45, 7) is 0. The summed E-state index contributed by atoms with van der Waals surface area (Å²) in [4.78, 5) is 35.2. The third-order valence-electron chi connectivity index (χ3n) is 1.58. The number of nitrogens with zero attached hydrogens (tertiary/aromatic N) is 1. The van der Waals surface area contributed by atoms with Crippen molar-refractivity contribution in [2.24, 2.45) is 0 Å². The monoisotopic (exact) mass is 227 g/mol. The van der Waals surface area contributed by atoms with Gasteiger partial charge in [-0.1, -0.05) is 0 Å². The number of hydrogen-bond donors (Lipinski definition) is 2. The minimum atomic E-state index is -1.41. The molecule has 0 aromatic heterocycles. The normalized spacial score (nSPS) is 9.50. The van der Waals surface area contributed by atoms with Gasteiger partial charge in [0.1, 0.15) is 5.75 Å². The molecule has 0 bridgehead atoms. The maximum atomic E-state index is 10.6. The van der Waals surface area contributed by atoms with Crippen LogP contribution < -0.4 is 4.84 Å². The highest BCUT2D eigenvalue weighted by atomic mass is 17.0.